The Kier molecular flexibility index (Phi) is 3.94. The van der Waals surface area contributed by atoms with Crippen LogP contribution in [0, 0.1) is 11.8 Å². The third-order valence-electron chi connectivity index (χ3n) is 2.76. The van der Waals surface area contributed by atoms with Gasteiger partial charge >= 0.3 is 0 Å². The molecule has 0 aromatic carbocycles. The SMILES string of the molecule is C=C(C)CC(O)C1CCOCC1C. The van der Waals surface area contributed by atoms with Crippen LogP contribution >= 0.6 is 0 Å². The van der Waals surface area contributed by atoms with Crippen molar-refractivity contribution in [3.63, 3.8) is 0 Å². The van der Waals surface area contributed by atoms with Gasteiger partial charge in [-0.05, 0) is 31.6 Å². The molecule has 1 fully saturated rings. The third-order valence-corrected chi connectivity index (χ3v) is 2.76. The van der Waals surface area contributed by atoms with Crippen LogP contribution < -0.4 is 0 Å². The van der Waals surface area contributed by atoms with Gasteiger partial charge in [-0.1, -0.05) is 12.5 Å². The smallest absolute Gasteiger partial charge is 0.0609 e. The molecule has 2 nitrogen and oxygen atoms in total. The predicted molar refractivity (Wildman–Crippen MR) is 53.5 cm³/mol. The van der Waals surface area contributed by atoms with Crippen molar-refractivity contribution in [3.05, 3.63) is 12.2 Å². The second kappa shape index (κ2) is 4.77. The van der Waals surface area contributed by atoms with Gasteiger partial charge in [0.05, 0.1) is 6.10 Å². The van der Waals surface area contributed by atoms with E-state index < -0.39 is 0 Å². The fourth-order valence-corrected chi connectivity index (χ4v) is 1.98. The molecule has 0 bridgehead atoms. The summed E-state index contributed by atoms with van der Waals surface area (Å²) in [4.78, 5) is 0. The minimum atomic E-state index is -0.226. The van der Waals surface area contributed by atoms with E-state index >= 15 is 0 Å². The Hall–Kier alpha value is -0.340. The molecule has 1 N–H and O–H groups in total. The zero-order chi connectivity index (χ0) is 9.84. The molecular formula is C11H20O2. The summed E-state index contributed by atoms with van der Waals surface area (Å²) >= 11 is 0. The molecule has 1 saturated heterocycles. The molecule has 0 aromatic rings. The summed E-state index contributed by atoms with van der Waals surface area (Å²) in [5, 5.41) is 9.90. The monoisotopic (exact) mass is 184 g/mol. The summed E-state index contributed by atoms with van der Waals surface area (Å²) in [7, 11) is 0. The highest BCUT2D eigenvalue weighted by atomic mass is 16.5. The van der Waals surface area contributed by atoms with E-state index in [1.807, 2.05) is 6.92 Å². The number of hydrogen-bond acceptors (Lipinski definition) is 2. The molecule has 1 heterocycles. The van der Waals surface area contributed by atoms with E-state index in [2.05, 4.69) is 13.5 Å². The molecule has 0 amide bonds. The molecule has 0 aliphatic carbocycles. The number of ether oxygens (including phenoxy) is 1. The summed E-state index contributed by atoms with van der Waals surface area (Å²) < 4.78 is 5.33. The maximum Gasteiger partial charge on any atom is 0.0609 e. The Bertz CT molecular complexity index is 177. The van der Waals surface area contributed by atoms with Crippen molar-refractivity contribution >= 4 is 0 Å². The predicted octanol–water partition coefficient (Wildman–Crippen LogP) is 1.99. The molecule has 0 aromatic heterocycles. The van der Waals surface area contributed by atoms with Crippen molar-refractivity contribution in [1.29, 1.82) is 0 Å². The first-order valence-electron chi connectivity index (χ1n) is 5.01. The van der Waals surface area contributed by atoms with Gasteiger partial charge in [0.25, 0.3) is 0 Å². The van der Waals surface area contributed by atoms with Crippen molar-refractivity contribution in [3.8, 4) is 0 Å². The maximum atomic E-state index is 9.90. The Morgan fingerprint density at radius 3 is 2.92 bits per heavy atom. The van der Waals surface area contributed by atoms with Gasteiger partial charge in [0.1, 0.15) is 0 Å². The Balaban J connectivity index is 2.43. The van der Waals surface area contributed by atoms with Crippen LogP contribution in [0.2, 0.25) is 0 Å². The Labute approximate surface area is 80.6 Å². The van der Waals surface area contributed by atoms with Crippen LogP contribution in [0.5, 0.6) is 0 Å². The molecule has 76 valence electrons. The molecule has 0 spiro atoms. The summed E-state index contributed by atoms with van der Waals surface area (Å²) in [6.45, 7) is 9.52. The van der Waals surface area contributed by atoms with Crippen molar-refractivity contribution in [2.24, 2.45) is 11.8 Å². The third kappa shape index (κ3) is 3.12. The number of rotatable bonds is 3. The summed E-state index contributed by atoms with van der Waals surface area (Å²) in [6.07, 6.45) is 1.49. The lowest BCUT2D eigenvalue weighted by atomic mass is 9.83. The number of aliphatic hydroxyl groups is 1. The highest BCUT2D eigenvalue weighted by Gasteiger charge is 2.28. The molecule has 2 heteroatoms. The van der Waals surface area contributed by atoms with Gasteiger partial charge in [0.15, 0.2) is 0 Å². The van der Waals surface area contributed by atoms with Crippen molar-refractivity contribution in [1.82, 2.24) is 0 Å². The van der Waals surface area contributed by atoms with Gasteiger partial charge in [-0.2, -0.15) is 0 Å². The molecule has 0 saturated carbocycles. The Morgan fingerprint density at radius 1 is 1.69 bits per heavy atom. The molecule has 3 unspecified atom stereocenters. The van der Waals surface area contributed by atoms with Gasteiger partial charge in [-0.3, -0.25) is 0 Å². The van der Waals surface area contributed by atoms with Crippen LogP contribution in [-0.2, 0) is 4.74 Å². The topological polar surface area (TPSA) is 29.5 Å². The van der Waals surface area contributed by atoms with Gasteiger partial charge in [-0.25, -0.2) is 0 Å². The Morgan fingerprint density at radius 2 is 2.38 bits per heavy atom. The molecule has 13 heavy (non-hydrogen) atoms. The van der Waals surface area contributed by atoms with E-state index in [0.29, 0.717) is 11.8 Å². The second-order valence-corrected chi connectivity index (χ2v) is 4.23. The zero-order valence-corrected chi connectivity index (χ0v) is 8.62. The van der Waals surface area contributed by atoms with Crippen LogP contribution in [0.1, 0.15) is 26.7 Å². The lowest BCUT2D eigenvalue weighted by molar-refractivity contribution is -0.0293. The highest BCUT2D eigenvalue weighted by molar-refractivity contribution is 4.93. The normalized spacial score (nSPS) is 31.3. The van der Waals surface area contributed by atoms with E-state index in [4.69, 9.17) is 4.74 Å². The minimum absolute atomic E-state index is 0.226. The van der Waals surface area contributed by atoms with E-state index in [1.54, 1.807) is 0 Å². The number of aliphatic hydroxyl groups excluding tert-OH is 1. The summed E-state index contributed by atoms with van der Waals surface area (Å²) in [5.74, 6) is 0.869. The van der Waals surface area contributed by atoms with Gasteiger partial charge < -0.3 is 9.84 Å². The quantitative estimate of drug-likeness (QED) is 0.680. The van der Waals surface area contributed by atoms with Crippen LogP contribution in [0.25, 0.3) is 0 Å². The van der Waals surface area contributed by atoms with E-state index in [9.17, 15) is 5.11 Å². The van der Waals surface area contributed by atoms with Gasteiger partial charge in [0.2, 0.25) is 0 Å². The first kappa shape index (κ1) is 10.7. The van der Waals surface area contributed by atoms with Crippen LogP contribution in [0.15, 0.2) is 12.2 Å². The van der Waals surface area contributed by atoms with Gasteiger partial charge in [-0.15, -0.1) is 6.58 Å². The minimum Gasteiger partial charge on any atom is -0.392 e. The summed E-state index contributed by atoms with van der Waals surface area (Å²) in [6, 6.07) is 0. The van der Waals surface area contributed by atoms with Crippen molar-refractivity contribution in [2.75, 3.05) is 13.2 Å². The highest BCUT2D eigenvalue weighted by Crippen LogP contribution is 2.27. The molecular weight excluding hydrogens is 164 g/mol. The van der Waals surface area contributed by atoms with Gasteiger partial charge in [0, 0.05) is 13.2 Å². The summed E-state index contributed by atoms with van der Waals surface area (Å²) in [5.41, 5.74) is 1.06. The fourth-order valence-electron chi connectivity index (χ4n) is 1.98. The maximum absolute atomic E-state index is 9.90. The molecule has 3 atom stereocenters. The van der Waals surface area contributed by atoms with Crippen molar-refractivity contribution < 1.29 is 9.84 Å². The van der Waals surface area contributed by atoms with Crippen molar-refractivity contribution in [2.45, 2.75) is 32.8 Å². The average molecular weight is 184 g/mol. The lowest BCUT2D eigenvalue weighted by Crippen LogP contribution is -2.34. The van der Waals surface area contributed by atoms with Crippen LogP contribution in [-0.4, -0.2) is 24.4 Å². The zero-order valence-electron chi connectivity index (χ0n) is 8.62. The molecule has 1 aliphatic rings. The van der Waals surface area contributed by atoms with E-state index in [-0.39, 0.29) is 6.10 Å². The average Bonchev–Trinajstić information content (AvgIpc) is 2.03. The fraction of sp³-hybridized carbons (Fsp3) is 0.818. The standard InChI is InChI=1S/C11H20O2/c1-8(2)6-11(12)10-4-5-13-7-9(10)3/h9-12H,1,4-7H2,2-3H3. The van der Waals surface area contributed by atoms with Crippen LogP contribution in [0.4, 0.5) is 0 Å². The molecule has 1 aliphatic heterocycles. The van der Waals surface area contributed by atoms with E-state index in [1.165, 1.54) is 0 Å². The van der Waals surface area contributed by atoms with Crippen LogP contribution in [0.3, 0.4) is 0 Å². The molecule has 0 radical (unpaired) electrons. The largest absolute Gasteiger partial charge is 0.392 e. The lowest BCUT2D eigenvalue weighted by Gasteiger charge is -2.32. The first-order chi connectivity index (χ1) is 6.11. The molecule has 1 rings (SSSR count). The number of hydrogen-bond donors (Lipinski definition) is 1. The second-order valence-electron chi connectivity index (χ2n) is 4.23. The van der Waals surface area contributed by atoms with E-state index in [0.717, 1.165) is 31.6 Å². The first-order valence-corrected chi connectivity index (χ1v) is 5.01.